The highest BCUT2D eigenvalue weighted by atomic mass is 16.6. The van der Waals surface area contributed by atoms with Crippen LogP contribution in [0.4, 0.5) is 16.2 Å². The van der Waals surface area contributed by atoms with E-state index in [-0.39, 0.29) is 5.91 Å². The first-order valence-corrected chi connectivity index (χ1v) is 6.75. The van der Waals surface area contributed by atoms with Crippen LogP contribution in [-0.4, -0.2) is 24.1 Å². The van der Waals surface area contributed by atoms with Crippen LogP contribution < -0.4 is 10.2 Å². The summed E-state index contributed by atoms with van der Waals surface area (Å²) >= 11 is 0. The molecule has 1 aliphatic rings. The number of anilines is 2. The third kappa shape index (κ3) is 3.73. The highest BCUT2D eigenvalue weighted by molar-refractivity contribution is 5.95. The number of carbonyl (C=O) groups excluding carboxylic acids is 2. The van der Waals surface area contributed by atoms with E-state index in [1.807, 2.05) is 32.9 Å². The second kappa shape index (κ2) is 5.53. The predicted octanol–water partition coefficient (Wildman–Crippen LogP) is 3.16. The number of hydrogen-bond donors (Lipinski definition) is 1. The molecule has 2 rings (SSSR count). The fourth-order valence-electron chi connectivity index (χ4n) is 2.07. The molecule has 1 saturated heterocycles. The molecule has 0 radical (unpaired) electrons. The molecule has 108 valence electrons. The van der Waals surface area contributed by atoms with Gasteiger partial charge in [-0.3, -0.25) is 10.1 Å². The van der Waals surface area contributed by atoms with Crippen LogP contribution in [0.5, 0.6) is 0 Å². The normalized spacial score (nSPS) is 15.3. The molecule has 1 aromatic rings. The second-order valence-corrected chi connectivity index (χ2v) is 5.82. The molecule has 0 unspecified atom stereocenters. The monoisotopic (exact) mass is 276 g/mol. The Labute approximate surface area is 118 Å². The summed E-state index contributed by atoms with van der Waals surface area (Å²) in [7, 11) is 0. The summed E-state index contributed by atoms with van der Waals surface area (Å²) < 4.78 is 5.17. The van der Waals surface area contributed by atoms with Gasteiger partial charge >= 0.3 is 6.09 Å². The van der Waals surface area contributed by atoms with Crippen molar-refractivity contribution in [3.05, 3.63) is 24.3 Å². The van der Waals surface area contributed by atoms with Gasteiger partial charge < -0.3 is 9.64 Å². The summed E-state index contributed by atoms with van der Waals surface area (Å²) in [5.74, 6) is 0.151. The largest absolute Gasteiger partial charge is 0.444 e. The topological polar surface area (TPSA) is 58.6 Å². The average Bonchev–Trinajstić information content (AvgIpc) is 2.74. The lowest BCUT2D eigenvalue weighted by molar-refractivity contribution is -0.117. The van der Waals surface area contributed by atoms with Crippen LogP contribution in [0.2, 0.25) is 0 Å². The first-order valence-electron chi connectivity index (χ1n) is 6.75. The van der Waals surface area contributed by atoms with Gasteiger partial charge in [0.05, 0.1) is 0 Å². The number of carbonyl (C=O) groups is 2. The molecule has 0 aromatic heterocycles. The van der Waals surface area contributed by atoms with Crippen molar-refractivity contribution in [2.24, 2.45) is 0 Å². The summed E-state index contributed by atoms with van der Waals surface area (Å²) in [6, 6.07) is 7.20. The molecule has 0 saturated carbocycles. The Morgan fingerprint density at radius 1 is 1.25 bits per heavy atom. The van der Waals surface area contributed by atoms with Gasteiger partial charge in [0.1, 0.15) is 5.60 Å². The van der Waals surface area contributed by atoms with Gasteiger partial charge in [-0.05, 0) is 51.5 Å². The van der Waals surface area contributed by atoms with E-state index in [1.165, 1.54) is 0 Å². The fourth-order valence-corrected chi connectivity index (χ4v) is 2.07. The summed E-state index contributed by atoms with van der Waals surface area (Å²) in [6.07, 6.45) is 1.02. The predicted molar refractivity (Wildman–Crippen MR) is 77.9 cm³/mol. The van der Waals surface area contributed by atoms with Crippen LogP contribution in [0.1, 0.15) is 33.6 Å². The Morgan fingerprint density at radius 2 is 1.90 bits per heavy atom. The number of nitrogens with one attached hydrogen (secondary N) is 1. The van der Waals surface area contributed by atoms with Gasteiger partial charge in [-0.1, -0.05) is 0 Å². The van der Waals surface area contributed by atoms with Gasteiger partial charge in [0.2, 0.25) is 5.91 Å². The smallest absolute Gasteiger partial charge is 0.412 e. The van der Waals surface area contributed by atoms with E-state index in [0.717, 1.165) is 18.7 Å². The number of hydrogen-bond acceptors (Lipinski definition) is 3. The molecule has 2 amide bonds. The molecule has 1 N–H and O–H groups in total. The third-order valence-electron chi connectivity index (χ3n) is 2.90. The summed E-state index contributed by atoms with van der Waals surface area (Å²) in [5, 5.41) is 2.66. The summed E-state index contributed by atoms with van der Waals surface area (Å²) in [5.41, 5.74) is 0.989. The second-order valence-electron chi connectivity index (χ2n) is 5.82. The van der Waals surface area contributed by atoms with Gasteiger partial charge in [0, 0.05) is 24.3 Å². The quantitative estimate of drug-likeness (QED) is 0.902. The standard InChI is InChI=1S/C15H20N2O3/c1-15(2,3)20-14(19)16-11-6-8-12(9-7-11)17-10-4-5-13(17)18/h6-9H,4-5,10H2,1-3H3,(H,16,19). The minimum absolute atomic E-state index is 0.151. The first-order chi connectivity index (χ1) is 9.35. The van der Waals surface area contributed by atoms with Crippen molar-refractivity contribution < 1.29 is 14.3 Å². The maximum absolute atomic E-state index is 11.6. The zero-order valence-electron chi connectivity index (χ0n) is 12.1. The number of benzene rings is 1. The van der Waals surface area contributed by atoms with Crippen molar-refractivity contribution in [1.82, 2.24) is 0 Å². The van der Waals surface area contributed by atoms with Gasteiger partial charge in [0.25, 0.3) is 0 Å². The van der Waals surface area contributed by atoms with Crippen molar-refractivity contribution >= 4 is 23.4 Å². The molecule has 20 heavy (non-hydrogen) atoms. The molecule has 1 heterocycles. The van der Waals surface area contributed by atoms with Gasteiger partial charge in [-0.2, -0.15) is 0 Å². The van der Waals surface area contributed by atoms with Crippen LogP contribution in [0.25, 0.3) is 0 Å². The SMILES string of the molecule is CC(C)(C)OC(=O)Nc1ccc(N2CCCC2=O)cc1. The lowest BCUT2D eigenvalue weighted by Gasteiger charge is -2.20. The Bertz CT molecular complexity index is 503. The Hall–Kier alpha value is -2.04. The molecule has 5 nitrogen and oxygen atoms in total. The molecule has 0 spiro atoms. The number of nitrogens with zero attached hydrogens (tertiary/aromatic N) is 1. The van der Waals surface area contributed by atoms with Gasteiger partial charge in [-0.15, -0.1) is 0 Å². The van der Waals surface area contributed by atoms with Gasteiger partial charge in [-0.25, -0.2) is 4.79 Å². The Kier molecular flexibility index (Phi) is 3.97. The highest BCUT2D eigenvalue weighted by Crippen LogP contribution is 2.23. The van der Waals surface area contributed by atoms with Crippen molar-refractivity contribution in [2.45, 2.75) is 39.2 Å². The lowest BCUT2D eigenvalue weighted by Crippen LogP contribution is -2.27. The molecular formula is C15H20N2O3. The van der Waals surface area contributed by atoms with Gasteiger partial charge in [0.15, 0.2) is 0 Å². The van der Waals surface area contributed by atoms with Crippen molar-refractivity contribution in [3.63, 3.8) is 0 Å². The van der Waals surface area contributed by atoms with E-state index in [9.17, 15) is 9.59 Å². The van der Waals surface area contributed by atoms with E-state index >= 15 is 0 Å². The molecule has 1 aromatic carbocycles. The van der Waals surface area contributed by atoms with Crippen LogP contribution in [0.3, 0.4) is 0 Å². The minimum Gasteiger partial charge on any atom is -0.444 e. The fraction of sp³-hybridized carbons (Fsp3) is 0.467. The van der Waals surface area contributed by atoms with E-state index in [1.54, 1.807) is 17.0 Å². The molecule has 0 aliphatic carbocycles. The maximum atomic E-state index is 11.6. The van der Waals surface area contributed by atoms with Crippen LogP contribution in [0, 0.1) is 0 Å². The molecule has 5 heteroatoms. The maximum Gasteiger partial charge on any atom is 0.412 e. The highest BCUT2D eigenvalue weighted by Gasteiger charge is 2.21. The molecule has 1 aliphatic heterocycles. The number of ether oxygens (including phenoxy) is 1. The molecular weight excluding hydrogens is 256 g/mol. The van der Waals surface area contributed by atoms with Crippen LogP contribution in [-0.2, 0) is 9.53 Å². The Balaban J connectivity index is 1.98. The van der Waals surface area contributed by atoms with Crippen LogP contribution >= 0.6 is 0 Å². The van der Waals surface area contributed by atoms with Crippen molar-refractivity contribution in [1.29, 1.82) is 0 Å². The van der Waals surface area contributed by atoms with E-state index in [0.29, 0.717) is 12.1 Å². The lowest BCUT2D eigenvalue weighted by atomic mass is 10.2. The zero-order valence-corrected chi connectivity index (χ0v) is 12.1. The summed E-state index contributed by atoms with van der Waals surface area (Å²) in [6.45, 7) is 6.20. The summed E-state index contributed by atoms with van der Waals surface area (Å²) in [4.78, 5) is 25.0. The number of amides is 2. The first kappa shape index (κ1) is 14.4. The van der Waals surface area contributed by atoms with E-state index < -0.39 is 11.7 Å². The zero-order chi connectivity index (χ0) is 14.8. The van der Waals surface area contributed by atoms with Crippen LogP contribution in [0.15, 0.2) is 24.3 Å². The molecule has 0 atom stereocenters. The van der Waals surface area contributed by atoms with Crippen molar-refractivity contribution in [2.75, 3.05) is 16.8 Å². The number of rotatable bonds is 2. The third-order valence-corrected chi connectivity index (χ3v) is 2.90. The molecule has 1 fully saturated rings. The van der Waals surface area contributed by atoms with E-state index in [2.05, 4.69) is 5.32 Å². The average molecular weight is 276 g/mol. The minimum atomic E-state index is -0.522. The molecule has 0 bridgehead atoms. The van der Waals surface area contributed by atoms with Crippen molar-refractivity contribution in [3.8, 4) is 0 Å². The van der Waals surface area contributed by atoms with E-state index in [4.69, 9.17) is 4.74 Å². The Morgan fingerprint density at radius 3 is 2.40 bits per heavy atom.